The van der Waals surface area contributed by atoms with Gasteiger partial charge in [-0.05, 0) is 16.8 Å². The Balaban J connectivity index is 2.30. The standard InChI is InChI=1S/C15H17NO3/c1-16(2)15(18)10-19-14-8-7-11-5-3-4-6-12(11)13(14)9-17/h3-8,17H,9-10H2,1-2H3. The van der Waals surface area contributed by atoms with Crippen LogP contribution in [-0.2, 0) is 11.4 Å². The molecule has 0 saturated carbocycles. The highest BCUT2D eigenvalue weighted by Gasteiger charge is 2.10. The molecule has 4 nitrogen and oxygen atoms in total. The SMILES string of the molecule is CN(C)C(=O)COc1ccc2ccccc2c1CO. The zero-order chi connectivity index (χ0) is 13.8. The van der Waals surface area contributed by atoms with E-state index in [-0.39, 0.29) is 19.1 Å². The van der Waals surface area contributed by atoms with Crippen LogP contribution < -0.4 is 4.74 Å². The molecule has 0 radical (unpaired) electrons. The first-order valence-electron chi connectivity index (χ1n) is 6.08. The van der Waals surface area contributed by atoms with Crippen LogP contribution in [0.25, 0.3) is 10.8 Å². The van der Waals surface area contributed by atoms with E-state index in [0.29, 0.717) is 11.3 Å². The minimum Gasteiger partial charge on any atom is -0.483 e. The van der Waals surface area contributed by atoms with E-state index >= 15 is 0 Å². The fourth-order valence-corrected chi connectivity index (χ4v) is 1.88. The number of nitrogens with zero attached hydrogens (tertiary/aromatic N) is 1. The van der Waals surface area contributed by atoms with Crippen LogP contribution in [-0.4, -0.2) is 36.6 Å². The van der Waals surface area contributed by atoms with E-state index in [1.165, 1.54) is 4.90 Å². The molecule has 0 aliphatic rings. The molecule has 4 heteroatoms. The lowest BCUT2D eigenvalue weighted by molar-refractivity contribution is -0.130. The molecule has 0 aliphatic carbocycles. The van der Waals surface area contributed by atoms with Crippen molar-refractivity contribution in [1.82, 2.24) is 4.90 Å². The molecule has 0 aliphatic heterocycles. The van der Waals surface area contributed by atoms with Crippen molar-refractivity contribution in [1.29, 1.82) is 0 Å². The molecule has 1 amide bonds. The first-order valence-corrected chi connectivity index (χ1v) is 6.08. The van der Waals surface area contributed by atoms with Gasteiger partial charge in [-0.1, -0.05) is 30.3 Å². The summed E-state index contributed by atoms with van der Waals surface area (Å²) in [6.45, 7) is -0.148. The normalized spacial score (nSPS) is 10.5. The second-order valence-corrected chi connectivity index (χ2v) is 4.50. The largest absolute Gasteiger partial charge is 0.483 e. The molecule has 0 unspecified atom stereocenters. The molecule has 2 aromatic carbocycles. The van der Waals surface area contributed by atoms with Crippen molar-refractivity contribution in [2.24, 2.45) is 0 Å². The lowest BCUT2D eigenvalue weighted by atomic mass is 10.0. The van der Waals surface area contributed by atoms with Gasteiger partial charge in [0.05, 0.1) is 6.61 Å². The number of carbonyl (C=O) groups excluding carboxylic acids is 1. The highest BCUT2D eigenvalue weighted by Crippen LogP contribution is 2.28. The molecule has 1 N–H and O–H groups in total. The molecule has 2 aromatic rings. The van der Waals surface area contributed by atoms with E-state index < -0.39 is 0 Å². The van der Waals surface area contributed by atoms with Gasteiger partial charge in [-0.15, -0.1) is 0 Å². The van der Waals surface area contributed by atoms with Crippen molar-refractivity contribution in [3.05, 3.63) is 42.0 Å². The fourth-order valence-electron chi connectivity index (χ4n) is 1.88. The minimum absolute atomic E-state index is 0.0294. The van der Waals surface area contributed by atoms with Crippen LogP contribution in [0.3, 0.4) is 0 Å². The molecule has 2 rings (SSSR count). The van der Waals surface area contributed by atoms with Gasteiger partial charge in [0.15, 0.2) is 6.61 Å². The Morgan fingerprint density at radius 2 is 1.95 bits per heavy atom. The molecular weight excluding hydrogens is 242 g/mol. The summed E-state index contributed by atoms with van der Waals surface area (Å²) in [5.41, 5.74) is 0.713. The summed E-state index contributed by atoms with van der Waals surface area (Å²) >= 11 is 0. The van der Waals surface area contributed by atoms with Gasteiger partial charge in [-0.2, -0.15) is 0 Å². The first kappa shape index (κ1) is 13.4. The average Bonchev–Trinajstić information content (AvgIpc) is 2.43. The third-order valence-corrected chi connectivity index (χ3v) is 3.01. The smallest absolute Gasteiger partial charge is 0.259 e. The van der Waals surface area contributed by atoms with Crippen LogP contribution >= 0.6 is 0 Å². The third kappa shape index (κ3) is 2.85. The molecule has 0 saturated heterocycles. The van der Waals surface area contributed by atoms with Gasteiger partial charge in [0, 0.05) is 19.7 Å². The summed E-state index contributed by atoms with van der Waals surface area (Å²) in [5.74, 6) is 0.438. The minimum atomic E-state index is -0.118. The number of carbonyl (C=O) groups is 1. The highest BCUT2D eigenvalue weighted by atomic mass is 16.5. The van der Waals surface area contributed by atoms with Gasteiger partial charge in [0.1, 0.15) is 5.75 Å². The van der Waals surface area contributed by atoms with Crippen LogP contribution in [0.15, 0.2) is 36.4 Å². The summed E-state index contributed by atoms with van der Waals surface area (Å²) < 4.78 is 5.51. The molecule has 0 atom stereocenters. The quantitative estimate of drug-likeness (QED) is 0.911. The number of fused-ring (bicyclic) bond motifs is 1. The number of aliphatic hydroxyl groups excluding tert-OH is 1. The molecule has 0 bridgehead atoms. The number of hydrogen-bond donors (Lipinski definition) is 1. The van der Waals surface area contributed by atoms with Crippen LogP contribution in [0.1, 0.15) is 5.56 Å². The Morgan fingerprint density at radius 3 is 2.63 bits per heavy atom. The van der Waals surface area contributed by atoms with E-state index in [2.05, 4.69) is 0 Å². The zero-order valence-corrected chi connectivity index (χ0v) is 11.1. The van der Waals surface area contributed by atoms with Crippen molar-refractivity contribution in [3.63, 3.8) is 0 Å². The summed E-state index contributed by atoms with van der Waals surface area (Å²) in [6.07, 6.45) is 0. The van der Waals surface area contributed by atoms with Crippen molar-refractivity contribution < 1.29 is 14.6 Å². The highest BCUT2D eigenvalue weighted by molar-refractivity contribution is 5.87. The maximum Gasteiger partial charge on any atom is 0.259 e. The molecule has 0 aromatic heterocycles. The van der Waals surface area contributed by atoms with Gasteiger partial charge < -0.3 is 14.7 Å². The van der Waals surface area contributed by atoms with Gasteiger partial charge in [-0.3, -0.25) is 4.79 Å². The summed E-state index contributed by atoms with van der Waals surface area (Å²) in [4.78, 5) is 13.0. The first-order chi connectivity index (χ1) is 9.13. The summed E-state index contributed by atoms with van der Waals surface area (Å²) in [7, 11) is 3.36. The Labute approximate surface area is 112 Å². The Hall–Kier alpha value is -2.07. The van der Waals surface area contributed by atoms with Gasteiger partial charge in [-0.25, -0.2) is 0 Å². The Morgan fingerprint density at radius 1 is 1.21 bits per heavy atom. The Kier molecular flexibility index (Phi) is 4.02. The Bertz CT molecular complexity index is 593. The van der Waals surface area contributed by atoms with Crippen molar-refractivity contribution in [2.75, 3.05) is 20.7 Å². The summed E-state index contributed by atoms with van der Waals surface area (Å²) in [5, 5.41) is 11.5. The zero-order valence-electron chi connectivity index (χ0n) is 11.1. The van der Waals surface area contributed by atoms with Crippen LogP contribution in [0, 0.1) is 0 Å². The maximum absolute atomic E-state index is 11.5. The lowest BCUT2D eigenvalue weighted by Gasteiger charge is -2.14. The fraction of sp³-hybridized carbons (Fsp3) is 0.267. The molecular formula is C15H17NO3. The van der Waals surface area contributed by atoms with E-state index in [0.717, 1.165) is 10.8 Å². The number of ether oxygens (including phenoxy) is 1. The van der Waals surface area contributed by atoms with E-state index in [1.54, 1.807) is 20.2 Å². The number of amides is 1. The van der Waals surface area contributed by atoms with Crippen LogP contribution in [0.2, 0.25) is 0 Å². The van der Waals surface area contributed by atoms with Crippen molar-refractivity contribution >= 4 is 16.7 Å². The van der Waals surface area contributed by atoms with Gasteiger partial charge in [0.25, 0.3) is 5.91 Å². The second-order valence-electron chi connectivity index (χ2n) is 4.50. The molecule has 19 heavy (non-hydrogen) atoms. The predicted molar refractivity (Wildman–Crippen MR) is 74.1 cm³/mol. The number of benzene rings is 2. The summed E-state index contributed by atoms with van der Waals surface area (Å²) in [6, 6.07) is 11.5. The number of hydrogen-bond acceptors (Lipinski definition) is 3. The van der Waals surface area contributed by atoms with Gasteiger partial charge >= 0.3 is 0 Å². The van der Waals surface area contributed by atoms with E-state index in [1.807, 2.05) is 30.3 Å². The molecule has 0 fully saturated rings. The van der Waals surface area contributed by atoms with E-state index in [9.17, 15) is 9.90 Å². The van der Waals surface area contributed by atoms with Crippen LogP contribution in [0.4, 0.5) is 0 Å². The third-order valence-electron chi connectivity index (χ3n) is 3.01. The number of likely N-dealkylation sites (N-methyl/N-ethyl adjacent to an activating group) is 1. The van der Waals surface area contributed by atoms with E-state index in [4.69, 9.17) is 4.74 Å². The number of aliphatic hydroxyl groups is 1. The van der Waals surface area contributed by atoms with Crippen molar-refractivity contribution in [2.45, 2.75) is 6.61 Å². The lowest BCUT2D eigenvalue weighted by Crippen LogP contribution is -2.27. The molecule has 100 valence electrons. The average molecular weight is 259 g/mol. The maximum atomic E-state index is 11.5. The van der Waals surface area contributed by atoms with Gasteiger partial charge in [0.2, 0.25) is 0 Å². The topological polar surface area (TPSA) is 49.8 Å². The van der Waals surface area contributed by atoms with Crippen molar-refractivity contribution in [3.8, 4) is 5.75 Å². The second kappa shape index (κ2) is 5.71. The van der Waals surface area contributed by atoms with Crippen LogP contribution in [0.5, 0.6) is 5.75 Å². The monoisotopic (exact) mass is 259 g/mol. The predicted octanol–water partition coefficient (Wildman–Crippen LogP) is 1.80. The molecule has 0 heterocycles. The number of rotatable bonds is 4. The molecule has 0 spiro atoms.